The van der Waals surface area contributed by atoms with Gasteiger partial charge in [0, 0.05) is 4.47 Å². The maximum Gasteiger partial charge on any atom is 0.135 e. The van der Waals surface area contributed by atoms with Gasteiger partial charge in [0.05, 0.1) is 12.7 Å². The van der Waals surface area contributed by atoms with Crippen LogP contribution in [0.2, 0.25) is 0 Å². The lowest BCUT2D eigenvalue weighted by atomic mass is 10.1. The molecule has 0 unspecified atom stereocenters. The second kappa shape index (κ2) is 3.64. The maximum atomic E-state index is 5.33. The van der Waals surface area contributed by atoms with Gasteiger partial charge in [-0.15, -0.1) is 6.42 Å². The van der Waals surface area contributed by atoms with Crippen LogP contribution in [0.25, 0.3) is 0 Å². The van der Waals surface area contributed by atoms with Gasteiger partial charge in [0.25, 0.3) is 0 Å². The quantitative estimate of drug-likeness (QED) is 0.667. The average molecular weight is 225 g/mol. The van der Waals surface area contributed by atoms with Crippen molar-refractivity contribution in [3.8, 4) is 18.1 Å². The minimum absolute atomic E-state index is 0.740. The van der Waals surface area contributed by atoms with Gasteiger partial charge in [0.1, 0.15) is 5.75 Å². The first-order valence-electron chi connectivity index (χ1n) is 3.49. The highest BCUT2D eigenvalue weighted by Gasteiger charge is 2.04. The number of aryl methyl sites for hydroxylation is 1. The molecule has 1 rings (SSSR count). The van der Waals surface area contributed by atoms with Crippen LogP contribution in [0.5, 0.6) is 5.75 Å². The molecule has 1 aromatic rings. The number of hydrogen-bond donors (Lipinski definition) is 0. The van der Waals surface area contributed by atoms with E-state index in [0.717, 1.165) is 21.3 Å². The Bertz CT molecular complexity index is 336. The zero-order chi connectivity index (χ0) is 9.14. The van der Waals surface area contributed by atoms with Crippen molar-refractivity contribution in [1.82, 2.24) is 0 Å². The van der Waals surface area contributed by atoms with Crippen molar-refractivity contribution >= 4 is 15.9 Å². The van der Waals surface area contributed by atoms with Crippen LogP contribution in [0.3, 0.4) is 0 Å². The first-order valence-corrected chi connectivity index (χ1v) is 4.29. The summed E-state index contributed by atoms with van der Waals surface area (Å²) in [6.45, 7) is 1.96. The molecule has 1 nitrogen and oxygen atoms in total. The smallest absolute Gasteiger partial charge is 0.135 e. The molecule has 0 saturated carbocycles. The first-order chi connectivity index (χ1) is 5.69. The summed E-state index contributed by atoms with van der Waals surface area (Å²) in [6, 6.07) is 3.83. The Labute approximate surface area is 80.9 Å². The number of methoxy groups -OCH3 is 1. The van der Waals surface area contributed by atoms with Gasteiger partial charge in [-0.2, -0.15) is 0 Å². The van der Waals surface area contributed by atoms with Crippen molar-refractivity contribution in [1.29, 1.82) is 0 Å². The highest BCUT2D eigenvalue weighted by molar-refractivity contribution is 9.10. The molecule has 1 aromatic carbocycles. The number of hydrogen-bond acceptors (Lipinski definition) is 1. The molecular formula is C10H9BrO. The fourth-order valence-electron chi connectivity index (χ4n) is 1.06. The van der Waals surface area contributed by atoms with Gasteiger partial charge in [-0.05, 0) is 24.6 Å². The summed E-state index contributed by atoms with van der Waals surface area (Å²) in [4.78, 5) is 0. The lowest BCUT2D eigenvalue weighted by Crippen LogP contribution is -1.90. The summed E-state index contributed by atoms with van der Waals surface area (Å²) >= 11 is 3.37. The molecular weight excluding hydrogens is 216 g/mol. The molecule has 0 N–H and O–H groups in total. The molecule has 0 aromatic heterocycles. The summed E-state index contributed by atoms with van der Waals surface area (Å²) in [6.07, 6.45) is 5.33. The Kier molecular flexibility index (Phi) is 2.78. The van der Waals surface area contributed by atoms with Gasteiger partial charge < -0.3 is 4.74 Å². The van der Waals surface area contributed by atoms with E-state index in [1.807, 2.05) is 19.1 Å². The van der Waals surface area contributed by atoms with E-state index in [4.69, 9.17) is 11.2 Å². The van der Waals surface area contributed by atoms with Crippen molar-refractivity contribution < 1.29 is 4.74 Å². The zero-order valence-corrected chi connectivity index (χ0v) is 8.60. The van der Waals surface area contributed by atoms with Crippen LogP contribution in [-0.2, 0) is 0 Å². The molecule has 62 valence electrons. The highest BCUT2D eigenvalue weighted by atomic mass is 79.9. The van der Waals surface area contributed by atoms with E-state index in [-0.39, 0.29) is 0 Å². The number of rotatable bonds is 1. The molecule has 0 heterocycles. The van der Waals surface area contributed by atoms with Crippen LogP contribution >= 0.6 is 15.9 Å². The Morgan fingerprint density at radius 1 is 1.50 bits per heavy atom. The van der Waals surface area contributed by atoms with Crippen LogP contribution < -0.4 is 4.74 Å². The van der Waals surface area contributed by atoms with E-state index in [1.165, 1.54) is 0 Å². The van der Waals surface area contributed by atoms with Gasteiger partial charge in [-0.25, -0.2) is 0 Å². The van der Waals surface area contributed by atoms with Crippen molar-refractivity contribution in [3.63, 3.8) is 0 Å². The largest absolute Gasteiger partial charge is 0.495 e. The van der Waals surface area contributed by atoms with Crippen LogP contribution in [0.1, 0.15) is 11.1 Å². The Balaban J connectivity index is 3.36. The van der Waals surface area contributed by atoms with Crippen LogP contribution in [0.4, 0.5) is 0 Å². The van der Waals surface area contributed by atoms with Gasteiger partial charge in [0.2, 0.25) is 0 Å². The first kappa shape index (κ1) is 9.15. The summed E-state index contributed by atoms with van der Waals surface area (Å²) in [5.41, 5.74) is 1.87. The second-order valence-electron chi connectivity index (χ2n) is 2.44. The van der Waals surface area contributed by atoms with Crippen molar-refractivity contribution in [2.24, 2.45) is 0 Å². The van der Waals surface area contributed by atoms with E-state index in [2.05, 4.69) is 21.9 Å². The molecule has 0 radical (unpaired) electrons. The molecule has 0 spiro atoms. The molecule has 0 atom stereocenters. The SMILES string of the molecule is C#Cc1c(C)cc(Br)cc1OC. The van der Waals surface area contributed by atoms with Gasteiger partial charge >= 0.3 is 0 Å². The molecule has 0 aliphatic heterocycles. The van der Waals surface area contributed by atoms with E-state index < -0.39 is 0 Å². The fraction of sp³-hybridized carbons (Fsp3) is 0.200. The molecule has 2 heteroatoms. The minimum Gasteiger partial charge on any atom is -0.495 e. The Hall–Kier alpha value is -0.940. The monoisotopic (exact) mass is 224 g/mol. The lowest BCUT2D eigenvalue weighted by Gasteiger charge is -2.06. The Morgan fingerprint density at radius 3 is 2.67 bits per heavy atom. The normalized spacial score (nSPS) is 9.17. The van der Waals surface area contributed by atoms with Crippen LogP contribution in [0.15, 0.2) is 16.6 Å². The molecule has 0 bridgehead atoms. The fourth-order valence-corrected chi connectivity index (χ4v) is 1.61. The van der Waals surface area contributed by atoms with E-state index in [1.54, 1.807) is 7.11 Å². The highest BCUT2D eigenvalue weighted by Crippen LogP contribution is 2.26. The third kappa shape index (κ3) is 1.62. The van der Waals surface area contributed by atoms with Crippen molar-refractivity contribution in [2.75, 3.05) is 7.11 Å². The van der Waals surface area contributed by atoms with Crippen LogP contribution in [-0.4, -0.2) is 7.11 Å². The third-order valence-electron chi connectivity index (χ3n) is 1.63. The molecule has 0 fully saturated rings. The summed E-state index contributed by atoms with van der Waals surface area (Å²) in [5, 5.41) is 0. The van der Waals surface area contributed by atoms with E-state index in [9.17, 15) is 0 Å². The molecule has 0 aliphatic carbocycles. The predicted octanol–water partition coefficient (Wildman–Crippen LogP) is 2.75. The lowest BCUT2D eigenvalue weighted by molar-refractivity contribution is 0.413. The summed E-state index contributed by atoms with van der Waals surface area (Å²) in [5.74, 6) is 3.34. The Morgan fingerprint density at radius 2 is 2.17 bits per heavy atom. The molecule has 0 aliphatic rings. The van der Waals surface area contributed by atoms with E-state index in [0.29, 0.717) is 0 Å². The minimum atomic E-state index is 0.740. The molecule has 0 saturated heterocycles. The molecule has 12 heavy (non-hydrogen) atoms. The number of benzene rings is 1. The maximum absolute atomic E-state index is 5.33. The summed E-state index contributed by atoms with van der Waals surface area (Å²) in [7, 11) is 1.61. The standard InChI is InChI=1S/C10H9BrO/c1-4-9-7(2)5-8(11)6-10(9)12-3/h1,5-6H,2-3H3. The van der Waals surface area contributed by atoms with Crippen LogP contribution in [0, 0.1) is 19.3 Å². The topological polar surface area (TPSA) is 9.23 Å². The number of halogens is 1. The van der Waals surface area contributed by atoms with Crippen molar-refractivity contribution in [3.05, 3.63) is 27.7 Å². The third-order valence-corrected chi connectivity index (χ3v) is 2.09. The predicted molar refractivity (Wildman–Crippen MR) is 53.4 cm³/mol. The van der Waals surface area contributed by atoms with Gasteiger partial charge in [-0.3, -0.25) is 0 Å². The number of terminal acetylenes is 1. The van der Waals surface area contributed by atoms with Gasteiger partial charge in [-0.1, -0.05) is 21.9 Å². The zero-order valence-electron chi connectivity index (χ0n) is 7.02. The molecule has 0 amide bonds. The average Bonchev–Trinajstić information content (AvgIpc) is 2.03. The number of ether oxygens (including phenoxy) is 1. The summed E-state index contributed by atoms with van der Waals surface area (Å²) < 4.78 is 6.11. The van der Waals surface area contributed by atoms with E-state index >= 15 is 0 Å². The van der Waals surface area contributed by atoms with Crippen molar-refractivity contribution in [2.45, 2.75) is 6.92 Å². The van der Waals surface area contributed by atoms with Gasteiger partial charge in [0.15, 0.2) is 0 Å². The second-order valence-corrected chi connectivity index (χ2v) is 3.36.